The van der Waals surface area contributed by atoms with Gasteiger partial charge in [-0.25, -0.2) is 0 Å². The fraction of sp³-hybridized carbons (Fsp3) is 0.0323. The predicted octanol–water partition coefficient (Wildman–Crippen LogP) is 16.1. The molecule has 0 radical (unpaired) electrons. The van der Waals surface area contributed by atoms with Crippen LogP contribution in [0.25, 0.3) is 33.4 Å². The second-order valence-corrected chi connectivity index (χ2v) is 18.6. The number of benzene rings is 10. The van der Waals surface area contributed by atoms with Gasteiger partial charge in [-0.2, -0.15) is 0 Å². The minimum absolute atomic E-state index is 0.490. The van der Waals surface area contributed by atoms with Crippen molar-refractivity contribution in [1.82, 2.24) is 0 Å². The van der Waals surface area contributed by atoms with Crippen molar-refractivity contribution in [3.63, 3.8) is 0 Å². The highest BCUT2D eigenvalue weighted by Gasteiger charge is 2.52. The molecule has 2 aliphatic heterocycles. The molecule has 0 unspecified atom stereocenters. The summed E-state index contributed by atoms with van der Waals surface area (Å²) in [5.41, 5.74) is 19.9. The Morgan fingerprint density at radius 1 is 0.292 bits per heavy atom. The van der Waals surface area contributed by atoms with E-state index in [0.29, 0.717) is 0 Å². The Bertz CT molecular complexity index is 3480. The van der Waals surface area contributed by atoms with Gasteiger partial charge < -0.3 is 9.64 Å². The van der Waals surface area contributed by atoms with E-state index >= 15 is 0 Å². The molecule has 2 heterocycles. The highest BCUT2D eigenvalue weighted by Crippen LogP contribution is 2.65. The summed E-state index contributed by atoms with van der Waals surface area (Å²) < 4.78 is 6.66. The van der Waals surface area contributed by atoms with E-state index in [4.69, 9.17) is 4.74 Å². The van der Waals surface area contributed by atoms with Crippen LogP contribution >= 0.6 is 11.8 Å². The maximum Gasteiger partial charge on any atom is 0.132 e. The van der Waals surface area contributed by atoms with Gasteiger partial charge in [0.2, 0.25) is 0 Å². The summed E-state index contributed by atoms with van der Waals surface area (Å²) in [5.74, 6) is 1.80. The topological polar surface area (TPSA) is 12.5 Å². The number of anilines is 3. The van der Waals surface area contributed by atoms with Crippen LogP contribution < -0.4 is 9.64 Å². The number of nitrogens with zero attached hydrogens (tertiary/aromatic N) is 1. The molecule has 14 rings (SSSR count). The lowest BCUT2D eigenvalue weighted by Crippen LogP contribution is -2.32. The van der Waals surface area contributed by atoms with Crippen LogP contribution in [-0.4, -0.2) is 0 Å². The quantitative estimate of drug-likeness (QED) is 0.175. The molecule has 2 aliphatic carbocycles. The summed E-state index contributed by atoms with van der Waals surface area (Å²) in [5, 5.41) is 0. The van der Waals surface area contributed by atoms with E-state index in [0.717, 1.165) is 28.6 Å². The van der Waals surface area contributed by atoms with Gasteiger partial charge in [-0.3, -0.25) is 0 Å². The fourth-order valence-electron chi connectivity index (χ4n) is 11.8. The Morgan fingerprint density at radius 3 is 1.37 bits per heavy atom. The molecular formula is C62H39NOS. The minimum Gasteiger partial charge on any atom is -0.457 e. The monoisotopic (exact) mass is 845 g/mol. The third-order valence-corrected chi connectivity index (χ3v) is 15.6. The first kappa shape index (κ1) is 36.6. The molecule has 65 heavy (non-hydrogen) atoms. The number of rotatable bonds is 4. The lowest BCUT2D eigenvalue weighted by molar-refractivity contribution is 0.436. The van der Waals surface area contributed by atoms with E-state index in [9.17, 15) is 0 Å². The van der Waals surface area contributed by atoms with Gasteiger partial charge in [0, 0.05) is 38.0 Å². The van der Waals surface area contributed by atoms with Crippen LogP contribution in [0.1, 0.15) is 44.5 Å². The summed E-state index contributed by atoms with van der Waals surface area (Å²) in [6, 6.07) is 87.5. The largest absolute Gasteiger partial charge is 0.457 e. The molecule has 4 aliphatic rings. The lowest BCUT2D eigenvalue weighted by atomic mass is 9.66. The standard InChI is InChI=1S/C62H39NOS/c1-2-16-40(17-3-1)41-30-32-42(33-31-41)63(43-35-37-51-48(38-43)46-19-5-7-21-50(46)61(51)52-22-8-12-26-57(52)64-58-27-13-9-23-53(58)61)44-34-36-47-45-18-4-6-20-49(45)62(56(47)39-44)54-24-10-14-28-59(54)65-60-29-15-11-25-55(60)62/h1-39H. The number of fused-ring (bicyclic) bond motifs is 18. The molecule has 2 spiro atoms. The normalized spacial score (nSPS) is 14.5. The molecule has 10 aromatic rings. The zero-order valence-corrected chi connectivity index (χ0v) is 36.1. The number of hydrogen-bond acceptors (Lipinski definition) is 3. The van der Waals surface area contributed by atoms with E-state index in [1.807, 2.05) is 11.8 Å². The van der Waals surface area contributed by atoms with Crippen LogP contribution in [0, 0.1) is 0 Å². The molecule has 0 saturated heterocycles. The van der Waals surface area contributed by atoms with Crippen LogP contribution in [0.3, 0.4) is 0 Å². The average molecular weight is 846 g/mol. The van der Waals surface area contributed by atoms with Gasteiger partial charge in [-0.1, -0.05) is 188 Å². The molecule has 0 bridgehead atoms. The van der Waals surface area contributed by atoms with Crippen molar-refractivity contribution in [2.24, 2.45) is 0 Å². The van der Waals surface area contributed by atoms with Crippen LogP contribution in [0.2, 0.25) is 0 Å². The molecule has 304 valence electrons. The molecule has 0 fully saturated rings. The maximum atomic E-state index is 6.66. The van der Waals surface area contributed by atoms with E-state index in [1.165, 1.54) is 87.7 Å². The van der Waals surface area contributed by atoms with Crippen molar-refractivity contribution in [2.45, 2.75) is 20.6 Å². The predicted molar refractivity (Wildman–Crippen MR) is 265 cm³/mol. The van der Waals surface area contributed by atoms with Crippen molar-refractivity contribution in [3.05, 3.63) is 281 Å². The van der Waals surface area contributed by atoms with Gasteiger partial charge in [0.05, 0.1) is 10.8 Å². The summed E-state index contributed by atoms with van der Waals surface area (Å²) in [4.78, 5) is 5.08. The molecule has 0 atom stereocenters. The Kier molecular flexibility index (Phi) is 7.79. The molecule has 10 aromatic carbocycles. The van der Waals surface area contributed by atoms with E-state index < -0.39 is 10.8 Å². The number of hydrogen-bond donors (Lipinski definition) is 0. The summed E-state index contributed by atoms with van der Waals surface area (Å²) in [6.45, 7) is 0. The second-order valence-electron chi connectivity index (χ2n) is 17.5. The van der Waals surface area contributed by atoms with Crippen molar-refractivity contribution in [1.29, 1.82) is 0 Å². The zero-order chi connectivity index (χ0) is 42.7. The Balaban J connectivity index is 1.02. The Hall–Kier alpha value is -7.85. The minimum atomic E-state index is -0.538. The molecule has 0 aromatic heterocycles. The van der Waals surface area contributed by atoms with Crippen molar-refractivity contribution in [2.75, 3.05) is 4.90 Å². The van der Waals surface area contributed by atoms with Gasteiger partial charge >= 0.3 is 0 Å². The zero-order valence-electron chi connectivity index (χ0n) is 35.3. The van der Waals surface area contributed by atoms with E-state index in [-0.39, 0.29) is 0 Å². The van der Waals surface area contributed by atoms with Crippen LogP contribution in [0.4, 0.5) is 17.1 Å². The third-order valence-electron chi connectivity index (χ3n) is 14.4. The van der Waals surface area contributed by atoms with Gasteiger partial charge in [0.1, 0.15) is 11.5 Å². The molecule has 0 saturated carbocycles. The molecule has 2 nitrogen and oxygen atoms in total. The fourth-order valence-corrected chi connectivity index (χ4v) is 13.0. The first-order valence-corrected chi connectivity index (χ1v) is 23.2. The number of ether oxygens (including phenoxy) is 1. The summed E-state index contributed by atoms with van der Waals surface area (Å²) in [6.07, 6.45) is 0. The van der Waals surface area contributed by atoms with Crippen molar-refractivity contribution < 1.29 is 4.74 Å². The van der Waals surface area contributed by atoms with Crippen LogP contribution in [0.5, 0.6) is 11.5 Å². The Labute approximate surface area is 383 Å². The van der Waals surface area contributed by atoms with E-state index in [1.54, 1.807) is 0 Å². The van der Waals surface area contributed by atoms with Crippen LogP contribution in [-0.2, 0) is 10.8 Å². The third kappa shape index (κ3) is 4.96. The van der Waals surface area contributed by atoms with Gasteiger partial charge in [0.25, 0.3) is 0 Å². The highest BCUT2D eigenvalue weighted by molar-refractivity contribution is 7.99. The summed E-state index contributed by atoms with van der Waals surface area (Å²) >= 11 is 1.88. The number of para-hydroxylation sites is 2. The lowest BCUT2D eigenvalue weighted by Gasteiger charge is -2.40. The average Bonchev–Trinajstić information content (AvgIpc) is 3.82. The molecular weight excluding hydrogens is 807 g/mol. The second kappa shape index (κ2) is 13.8. The maximum absolute atomic E-state index is 6.66. The smallest absolute Gasteiger partial charge is 0.132 e. The van der Waals surface area contributed by atoms with Crippen LogP contribution in [0.15, 0.2) is 246 Å². The molecule has 0 N–H and O–H groups in total. The van der Waals surface area contributed by atoms with E-state index in [2.05, 4.69) is 241 Å². The summed E-state index contributed by atoms with van der Waals surface area (Å²) in [7, 11) is 0. The first-order valence-electron chi connectivity index (χ1n) is 22.4. The molecule has 3 heteroatoms. The van der Waals surface area contributed by atoms with Crippen molar-refractivity contribution >= 4 is 28.8 Å². The first-order chi connectivity index (χ1) is 32.2. The SMILES string of the molecule is c1ccc(-c2ccc(N(c3ccc4c(c3)-c3ccccc3C43c4ccccc4Oc4ccccc43)c3ccc4c(c3)C3(c5ccccc5Sc5ccccc53)c3ccccc3-4)cc2)cc1. The molecule has 0 amide bonds. The van der Waals surface area contributed by atoms with Gasteiger partial charge in [-0.05, 0) is 127 Å². The van der Waals surface area contributed by atoms with Gasteiger partial charge in [0.15, 0.2) is 0 Å². The Morgan fingerprint density at radius 2 is 0.723 bits per heavy atom. The highest BCUT2D eigenvalue weighted by atomic mass is 32.2. The van der Waals surface area contributed by atoms with Gasteiger partial charge in [-0.15, -0.1) is 0 Å². The van der Waals surface area contributed by atoms with Crippen molar-refractivity contribution in [3.8, 4) is 44.9 Å².